The molecule has 0 unspecified atom stereocenters. The van der Waals surface area contributed by atoms with Gasteiger partial charge in [0.15, 0.2) is 11.8 Å². The van der Waals surface area contributed by atoms with Crippen LogP contribution in [0.2, 0.25) is 5.02 Å². The minimum absolute atomic E-state index is 0.0494. The smallest absolute Gasteiger partial charge is 0.313 e. The van der Waals surface area contributed by atoms with Crippen LogP contribution in [0.3, 0.4) is 0 Å². The Morgan fingerprint density at radius 2 is 2.27 bits per heavy atom. The van der Waals surface area contributed by atoms with Gasteiger partial charge in [0, 0.05) is 13.0 Å². The Labute approximate surface area is 69.0 Å². The molecule has 0 aliphatic carbocycles. The highest BCUT2D eigenvalue weighted by Crippen LogP contribution is 2.10. The molecule has 0 bridgehead atoms. The molecule has 0 aliphatic heterocycles. The van der Waals surface area contributed by atoms with Crippen molar-refractivity contribution in [3.05, 3.63) is 33.8 Å². The van der Waals surface area contributed by atoms with E-state index in [-0.39, 0.29) is 10.7 Å². The van der Waals surface area contributed by atoms with Crippen LogP contribution in [0.1, 0.15) is 11.4 Å². The second-order valence-electron chi connectivity index (χ2n) is 2.08. The summed E-state index contributed by atoms with van der Waals surface area (Å²) in [5, 5.41) is 19.7. The third-order valence-electron chi connectivity index (χ3n) is 1.33. The quantitative estimate of drug-likeness (QED) is 0.431. The maximum Gasteiger partial charge on any atom is 0.313 e. The lowest BCUT2D eigenvalue weighted by Crippen LogP contribution is -2.34. The number of nitriles is 1. The first kappa shape index (κ1) is 7.83. The predicted molar refractivity (Wildman–Crippen MR) is 39.9 cm³/mol. The summed E-state index contributed by atoms with van der Waals surface area (Å²) in [7, 11) is 0. The number of nitrogens with zero attached hydrogens (tertiary/aromatic N) is 2. The zero-order chi connectivity index (χ0) is 8.43. The molecule has 0 spiro atoms. The van der Waals surface area contributed by atoms with E-state index in [1.165, 1.54) is 6.07 Å². The van der Waals surface area contributed by atoms with Gasteiger partial charge in [-0.25, -0.2) is 0 Å². The molecule has 1 aromatic heterocycles. The van der Waals surface area contributed by atoms with Crippen molar-refractivity contribution in [1.82, 2.24) is 0 Å². The monoisotopic (exact) mass is 168 g/mol. The molecular weight excluding hydrogens is 164 g/mol. The second kappa shape index (κ2) is 2.77. The highest BCUT2D eigenvalue weighted by atomic mass is 35.5. The Kier molecular flexibility index (Phi) is 1.97. The van der Waals surface area contributed by atoms with E-state index in [0.29, 0.717) is 10.4 Å². The Morgan fingerprint density at radius 1 is 1.64 bits per heavy atom. The van der Waals surface area contributed by atoms with Crippen LogP contribution < -0.4 is 4.73 Å². The van der Waals surface area contributed by atoms with Crippen LogP contribution in [-0.4, -0.2) is 0 Å². The third-order valence-corrected chi connectivity index (χ3v) is 1.63. The van der Waals surface area contributed by atoms with Gasteiger partial charge >= 0.3 is 5.69 Å². The Balaban J connectivity index is 3.44. The fraction of sp³-hybridized carbons (Fsp3) is 0.143. The number of hydrogen-bond donors (Lipinski definition) is 0. The SMILES string of the molecule is Cc1ccc(Cl)c(C#N)[n+]1[O-]. The zero-order valence-corrected chi connectivity index (χ0v) is 6.59. The molecule has 0 atom stereocenters. The van der Waals surface area contributed by atoms with Crippen LogP contribution in [0.4, 0.5) is 0 Å². The first-order valence-corrected chi connectivity index (χ1v) is 3.33. The van der Waals surface area contributed by atoms with Crippen LogP contribution in [0, 0.1) is 23.5 Å². The Hall–Kier alpha value is -1.27. The van der Waals surface area contributed by atoms with Crippen molar-refractivity contribution in [1.29, 1.82) is 5.26 Å². The van der Waals surface area contributed by atoms with E-state index in [0.717, 1.165) is 0 Å². The van der Waals surface area contributed by atoms with Crippen molar-refractivity contribution in [2.75, 3.05) is 0 Å². The lowest BCUT2D eigenvalue weighted by Gasteiger charge is -2.01. The van der Waals surface area contributed by atoms with Crippen LogP contribution in [0.25, 0.3) is 0 Å². The number of hydrogen-bond acceptors (Lipinski definition) is 2. The maximum atomic E-state index is 11.0. The third kappa shape index (κ3) is 1.26. The summed E-state index contributed by atoms with van der Waals surface area (Å²) in [4.78, 5) is 0. The normalized spacial score (nSPS) is 9.18. The second-order valence-corrected chi connectivity index (χ2v) is 2.48. The van der Waals surface area contributed by atoms with Crippen LogP contribution in [0.5, 0.6) is 0 Å². The highest BCUT2D eigenvalue weighted by Gasteiger charge is 2.11. The minimum atomic E-state index is -0.0494. The van der Waals surface area contributed by atoms with Gasteiger partial charge in [0.2, 0.25) is 0 Å². The number of aryl methyl sites for hydroxylation is 1. The van der Waals surface area contributed by atoms with Crippen LogP contribution >= 0.6 is 11.6 Å². The molecule has 3 nitrogen and oxygen atoms in total. The van der Waals surface area contributed by atoms with E-state index in [9.17, 15) is 5.21 Å². The van der Waals surface area contributed by atoms with E-state index in [1.54, 1.807) is 19.1 Å². The molecule has 0 aromatic carbocycles. The van der Waals surface area contributed by atoms with Gasteiger partial charge < -0.3 is 5.21 Å². The van der Waals surface area contributed by atoms with Crippen molar-refractivity contribution in [3.8, 4) is 6.07 Å². The number of rotatable bonds is 0. The molecule has 0 saturated heterocycles. The van der Waals surface area contributed by atoms with Crippen molar-refractivity contribution >= 4 is 11.6 Å². The minimum Gasteiger partial charge on any atom is -0.618 e. The largest absolute Gasteiger partial charge is 0.618 e. The summed E-state index contributed by atoms with van der Waals surface area (Å²) in [6.45, 7) is 1.62. The molecule has 0 aliphatic rings. The van der Waals surface area contributed by atoms with Gasteiger partial charge in [-0.3, -0.25) is 0 Å². The molecule has 0 saturated carbocycles. The van der Waals surface area contributed by atoms with Gasteiger partial charge in [-0.05, 0) is 6.07 Å². The maximum absolute atomic E-state index is 11.0. The molecule has 0 amide bonds. The summed E-state index contributed by atoms with van der Waals surface area (Å²) < 4.78 is 0.516. The van der Waals surface area contributed by atoms with E-state index in [1.807, 2.05) is 0 Å². The van der Waals surface area contributed by atoms with Gasteiger partial charge in [-0.15, -0.1) is 0 Å². The van der Waals surface area contributed by atoms with Gasteiger partial charge in [0.25, 0.3) is 0 Å². The summed E-state index contributed by atoms with van der Waals surface area (Å²) in [5.41, 5.74) is 0.414. The topological polar surface area (TPSA) is 50.7 Å². The molecule has 0 fully saturated rings. The molecule has 4 heteroatoms. The lowest BCUT2D eigenvalue weighted by atomic mass is 10.3. The van der Waals surface area contributed by atoms with Crippen molar-refractivity contribution in [2.45, 2.75) is 6.92 Å². The molecule has 1 heterocycles. The number of aromatic nitrogens is 1. The average Bonchev–Trinajstić information content (AvgIpc) is 1.99. The van der Waals surface area contributed by atoms with Gasteiger partial charge in [0.05, 0.1) is 0 Å². The van der Waals surface area contributed by atoms with Crippen molar-refractivity contribution in [2.24, 2.45) is 0 Å². The van der Waals surface area contributed by atoms with Crippen LogP contribution in [0.15, 0.2) is 12.1 Å². The van der Waals surface area contributed by atoms with Crippen molar-refractivity contribution < 1.29 is 4.73 Å². The van der Waals surface area contributed by atoms with Gasteiger partial charge in [0.1, 0.15) is 5.02 Å². The van der Waals surface area contributed by atoms with E-state index in [4.69, 9.17) is 16.9 Å². The first-order chi connectivity index (χ1) is 5.16. The Bertz CT molecular complexity index is 330. The molecule has 1 aromatic rings. The lowest BCUT2D eigenvalue weighted by molar-refractivity contribution is -0.615. The highest BCUT2D eigenvalue weighted by molar-refractivity contribution is 6.31. The average molecular weight is 169 g/mol. The predicted octanol–water partition coefficient (Wildman–Crippen LogP) is 1.15. The molecule has 0 radical (unpaired) electrons. The number of pyridine rings is 1. The van der Waals surface area contributed by atoms with Gasteiger partial charge in [-0.2, -0.15) is 9.99 Å². The first-order valence-electron chi connectivity index (χ1n) is 2.95. The summed E-state index contributed by atoms with van der Waals surface area (Å²) in [6, 6.07) is 4.82. The van der Waals surface area contributed by atoms with Crippen LogP contribution in [-0.2, 0) is 0 Å². The zero-order valence-electron chi connectivity index (χ0n) is 5.84. The molecule has 56 valence electrons. The van der Waals surface area contributed by atoms with Gasteiger partial charge in [-0.1, -0.05) is 11.6 Å². The molecular formula is C7H5ClN2O. The fourth-order valence-corrected chi connectivity index (χ4v) is 0.895. The summed E-state index contributed by atoms with van der Waals surface area (Å²) in [5.74, 6) is 0. The van der Waals surface area contributed by atoms with E-state index >= 15 is 0 Å². The summed E-state index contributed by atoms with van der Waals surface area (Å²) >= 11 is 5.56. The molecule has 0 N–H and O–H groups in total. The summed E-state index contributed by atoms with van der Waals surface area (Å²) in [6.07, 6.45) is 0. The standard InChI is InChI=1S/C7H5ClN2O/c1-5-2-3-6(8)7(4-9)10(5)11/h2-3H,1H3. The fourth-order valence-electron chi connectivity index (χ4n) is 0.713. The molecule has 11 heavy (non-hydrogen) atoms. The van der Waals surface area contributed by atoms with E-state index in [2.05, 4.69) is 0 Å². The molecule has 1 rings (SSSR count). The van der Waals surface area contributed by atoms with E-state index < -0.39 is 0 Å². The number of halogens is 1. The Morgan fingerprint density at radius 3 is 2.73 bits per heavy atom. The van der Waals surface area contributed by atoms with Crippen molar-refractivity contribution in [3.63, 3.8) is 0 Å².